The van der Waals surface area contributed by atoms with Gasteiger partial charge in [0.15, 0.2) is 11.2 Å². The largest absolute Gasteiger partial charge is 0.426 e. The Morgan fingerprint density at radius 3 is 3.00 bits per heavy atom. The summed E-state index contributed by atoms with van der Waals surface area (Å²) in [4.78, 5) is 7.71. The molecule has 0 spiro atoms. The van der Waals surface area contributed by atoms with Gasteiger partial charge < -0.3 is 4.42 Å². The van der Waals surface area contributed by atoms with Gasteiger partial charge in [0.05, 0.1) is 0 Å². The minimum Gasteiger partial charge on any atom is -0.426 e. The highest BCUT2D eigenvalue weighted by Crippen LogP contribution is 2.15. The molecule has 0 unspecified atom stereocenters. The molecule has 0 bridgehead atoms. The lowest BCUT2D eigenvalue weighted by Gasteiger charge is -1.78. The Kier molecular flexibility index (Phi) is 2.31. The first kappa shape index (κ1) is 8.30. The summed E-state index contributed by atoms with van der Waals surface area (Å²) in [5, 5.41) is 0.133. The molecule has 0 amide bonds. The van der Waals surface area contributed by atoms with E-state index in [4.69, 9.17) is 16.0 Å². The SMILES string of the molecule is Cl.Clc1nc2ncccc2o1. The highest BCUT2D eigenvalue weighted by Gasteiger charge is 2.00. The zero-order valence-corrected chi connectivity index (χ0v) is 6.89. The van der Waals surface area contributed by atoms with Gasteiger partial charge in [-0.3, -0.25) is 0 Å². The Hall–Kier alpha value is -0.800. The molecule has 2 aromatic heterocycles. The molecule has 2 rings (SSSR count). The number of hydrogen-bond acceptors (Lipinski definition) is 3. The van der Waals surface area contributed by atoms with E-state index in [1.165, 1.54) is 0 Å². The van der Waals surface area contributed by atoms with Gasteiger partial charge in [0.2, 0.25) is 0 Å². The van der Waals surface area contributed by atoms with Crippen LogP contribution in [0, 0.1) is 0 Å². The lowest BCUT2D eigenvalue weighted by molar-refractivity contribution is 0.604. The maximum absolute atomic E-state index is 5.47. The van der Waals surface area contributed by atoms with Crippen LogP contribution in [-0.4, -0.2) is 9.97 Å². The first-order valence-electron chi connectivity index (χ1n) is 2.73. The third kappa shape index (κ3) is 1.44. The summed E-state index contributed by atoms with van der Waals surface area (Å²) in [5.41, 5.74) is 1.17. The summed E-state index contributed by atoms with van der Waals surface area (Å²) in [6, 6.07) is 3.53. The highest BCUT2D eigenvalue weighted by molar-refractivity contribution is 6.28. The number of hydrogen-bond donors (Lipinski definition) is 0. The molecule has 0 aliphatic rings. The van der Waals surface area contributed by atoms with Gasteiger partial charge in [-0.1, -0.05) is 0 Å². The van der Waals surface area contributed by atoms with Gasteiger partial charge >= 0.3 is 0 Å². The van der Waals surface area contributed by atoms with Gasteiger partial charge in [-0.2, -0.15) is 4.98 Å². The average molecular weight is 191 g/mol. The van der Waals surface area contributed by atoms with Crippen molar-refractivity contribution in [3.05, 3.63) is 23.7 Å². The predicted molar refractivity (Wildman–Crippen MR) is 44.1 cm³/mol. The Labute approximate surface area is 73.8 Å². The third-order valence-electron chi connectivity index (χ3n) is 1.14. The molecule has 0 N–H and O–H groups in total. The molecule has 11 heavy (non-hydrogen) atoms. The number of nitrogens with zero attached hydrogens (tertiary/aromatic N) is 2. The van der Waals surface area contributed by atoms with Crippen LogP contribution >= 0.6 is 24.0 Å². The van der Waals surface area contributed by atoms with Gasteiger partial charge in [-0.25, -0.2) is 4.98 Å². The van der Waals surface area contributed by atoms with E-state index >= 15 is 0 Å². The molecule has 0 atom stereocenters. The number of aromatic nitrogens is 2. The van der Waals surface area contributed by atoms with Crippen LogP contribution in [0.4, 0.5) is 0 Å². The fourth-order valence-electron chi connectivity index (χ4n) is 0.743. The molecule has 58 valence electrons. The van der Waals surface area contributed by atoms with Crippen LogP contribution in [0.15, 0.2) is 22.7 Å². The van der Waals surface area contributed by atoms with E-state index in [2.05, 4.69) is 9.97 Å². The van der Waals surface area contributed by atoms with Crippen LogP contribution in [0.25, 0.3) is 11.2 Å². The van der Waals surface area contributed by atoms with Gasteiger partial charge in [-0.15, -0.1) is 12.4 Å². The zero-order valence-electron chi connectivity index (χ0n) is 5.32. The predicted octanol–water partition coefficient (Wildman–Crippen LogP) is 2.30. The van der Waals surface area contributed by atoms with E-state index in [0.717, 1.165) is 0 Å². The summed E-state index contributed by atoms with van der Waals surface area (Å²) in [6.45, 7) is 0. The average Bonchev–Trinajstić information content (AvgIpc) is 2.27. The third-order valence-corrected chi connectivity index (χ3v) is 1.30. The molecule has 2 heterocycles. The van der Waals surface area contributed by atoms with Crippen LogP contribution in [0.5, 0.6) is 0 Å². The second kappa shape index (κ2) is 3.07. The van der Waals surface area contributed by atoms with Gasteiger partial charge in [0.1, 0.15) is 0 Å². The van der Waals surface area contributed by atoms with Crippen molar-refractivity contribution in [2.75, 3.05) is 0 Å². The topological polar surface area (TPSA) is 38.9 Å². The summed E-state index contributed by atoms with van der Waals surface area (Å²) in [5.74, 6) is 0. The monoisotopic (exact) mass is 190 g/mol. The maximum Gasteiger partial charge on any atom is 0.294 e. The Balaban J connectivity index is 0.000000605. The fourth-order valence-corrected chi connectivity index (χ4v) is 0.906. The van der Waals surface area contributed by atoms with Crippen LogP contribution in [0.2, 0.25) is 5.35 Å². The molecule has 0 aliphatic carbocycles. The quantitative estimate of drug-likeness (QED) is 0.641. The van der Waals surface area contributed by atoms with Crippen molar-refractivity contribution in [2.45, 2.75) is 0 Å². The first-order valence-corrected chi connectivity index (χ1v) is 3.11. The minimum atomic E-state index is 0. The van der Waals surface area contributed by atoms with E-state index in [9.17, 15) is 0 Å². The molecular formula is C6H4Cl2N2O. The number of pyridine rings is 1. The van der Waals surface area contributed by atoms with Crippen molar-refractivity contribution in [3.8, 4) is 0 Å². The molecule has 0 aromatic carbocycles. The Morgan fingerprint density at radius 1 is 1.45 bits per heavy atom. The van der Waals surface area contributed by atoms with Gasteiger partial charge in [-0.05, 0) is 23.7 Å². The van der Waals surface area contributed by atoms with Crippen molar-refractivity contribution in [3.63, 3.8) is 0 Å². The van der Waals surface area contributed by atoms with E-state index < -0.39 is 0 Å². The van der Waals surface area contributed by atoms with Gasteiger partial charge in [0, 0.05) is 6.20 Å². The van der Waals surface area contributed by atoms with E-state index in [1.807, 2.05) is 0 Å². The number of oxazole rings is 1. The second-order valence-corrected chi connectivity index (χ2v) is 2.12. The molecule has 3 nitrogen and oxygen atoms in total. The van der Waals surface area contributed by atoms with Crippen molar-refractivity contribution in [1.29, 1.82) is 0 Å². The number of halogens is 2. The van der Waals surface area contributed by atoms with Crippen LogP contribution in [-0.2, 0) is 0 Å². The molecule has 5 heteroatoms. The van der Waals surface area contributed by atoms with Crippen LogP contribution < -0.4 is 0 Å². The molecular weight excluding hydrogens is 187 g/mol. The van der Waals surface area contributed by atoms with Crippen molar-refractivity contribution < 1.29 is 4.42 Å². The molecule has 0 saturated heterocycles. The van der Waals surface area contributed by atoms with Crippen LogP contribution in [0.1, 0.15) is 0 Å². The van der Waals surface area contributed by atoms with Crippen LogP contribution in [0.3, 0.4) is 0 Å². The van der Waals surface area contributed by atoms with Crippen molar-refractivity contribution in [1.82, 2.24) is 9.97 Å². The normalized spacial score (nSPS) is 9.55. The summed E-state index contributed by atoms with van der Waals surface area (Å²) in [7, 11) is 0. The summed E-state index contributed by atoms with van der Waals surface area (Å²) in [6.07, 6.45) is 1.64. The molecule has 0 aliphatic heterocycles. The molecule has 0 radical (unpaired) electrons. The van der Waals surface area contributed by atoms with Crippen molar-refractivity contribution >= 4 is 35.2 Å². The van der Waals surface area contributed by atoms with Crippen molar-refractivity contribution in [2.24, 2.45) is 0 Å². The molecule has 2 aromatic rings. The maximum atomic E-state index is 5.47. The summed E-state index contributed by atoms with van der Waals surface area (Å²) >= 11 is 5.47. The number of rotatable bonds is 0. The van der Waals surface area contributed by atoms with E-state index in [-0.39, 0.29) is 17.8 Å². The lowest BCUT2D eigenvalue weighted by atomic mass is 10.5. The molecule has 0 saturated carbocycles. The fraction of sp³-hybridized carbons (Fsp3) is 0. The first-order chi connectivity index (χ1) is 4.86. The highest BCUT2D eigenvalue weighted by atomic mass is 35.5. The van der Waals surface area contributed by atoms with E-state index in [1.54, 1.807) is 18.3 Å². The summed E-state index contributed by atoms with van der Waals surface area (Å²) < 4.78 is 4.96. The Bertz CT molecular complexity index is 327. The van der Waals surface area contributed by atoms with Gasteiger partial charge in [0.25, 0.3) is 5.35 Å². The lowest BCUT2D eigenvalue weighted by Crippen LogP contribution is -1.71. The minimum absolute atomic E-state index is 0. The zero-order chi connectivity index (χ0) is 6.97. The smallest absolute Gasteiger partial charge is 0.294 e. The Morgan fingerprint density at radius 2 is 2.27 bits per heavy atom. The van der Waals surface area contributed by atoms with E-state index in [0.29, 0.717) is 11.2 Å². The number of fused-ring (bicyclic) bond motifs is 1. The second-order valence-electron chi connectivity index (χ2n) is 1.79. The standard InChI is InChI=1S/C6H3ClN2O.ClH/c7-6-9-5-4(10-6)2-1-3-8-5;/h1-3H;1H. The molecule has 0 fully saturated rings.